The van der Waals surface area contributed by atoms with Crippen molar-refractivity contribution in [3.8, 4) is 0 Å². The normalized spacial score (nSPS) is 26.6. The number of methoxy groups -OCH3 is 1. The third-order valence-corrected chi connectivity index (χ3v) is 9.80. The van der Waals surface area contributed by atoms with Crippen LogP contribution in [0, 0.1) is 17.8 Å². The van der Waals surface area contributed by atoms with Gasteiger partial charge in [0.25, 0.3) is 0 Å². The molecule has 3 saturated heterocycles. The lowest BCUT2D eigenvalue weighted by Gasteiger charge is -2.41. The fourth-order valence-electron chi connectivity index (χ4n) is 7.59. The van der Waals surface area contributed by atoms with Crippen molar-refractivity contribution in [2.45, 2.75) is 95.4 Å². The van der Waals surface area contributed by atoms with Crippen LogP contribution in [0.3, 0.4) is 0 Å². The summed E-state index contributed by atoms with van der Waals surface area (Å²) in [6.07, 6.45) is 3.31. The third kappa shape index (κ3) is 7.03. The Labute approximate surface area is 278 Å². The molecule has 1 aromatic carbocycles. The van der Waals surface area contributed by atoms with Gasteiger partial charge in [-0.1, -0.05) is 56.3 Å². The van der Waals surface area contributed by atoms with Gasteiger partial charge in [-0.2, -0.15) is 0 Å². The number of ether oxygens (including phenoxy) is 3. The van der Waals surface area contributed by atoms with E-state index in [1.54, 1.807) is 29.2 Å². The molecule has 0 radical (unpaired) electrons. The zero-order valence-electron chi connectivity index (χ0n) is 28.3. The van der Waals surface area contributed by atoms with Crippen molar-refractivity contribution < 1.29 is 38.5 Å². The number of rotatable bonds is 17. The van der Waals surface area contributed by atoms with E-state index in [4.69, 9.17) is 14.2 Å². The zero-order chi connectivity index (χ0) is 34.5. The molecule has 3 aliphatic heterocycles. The second-order valence-corrected chi connectivity index (χ2v) is 13.4. The Kier molecular flexibility index (Phi) is 12.0. The van der Waals surface area contributed by atoms with Gasteiger partial charge >= 0.3 is 5.97 Å². The third-order valence-electron chi connectivity index (χ3n) is 9.80. The van der Waals surface area contributed by atoms with Gasteiger partial charge in [0.05, 0.1) is 43.2 Å². The second kappa shape index (κ2) is 15.6. The van der Waals surface area contributed by atoms with Crippen LogP contribution in [-0.2, 0) is 33.4 Å². The summed E-state index contributed by atoms with van der Waals surface area (Å²) in [6, 6.07) is 6.48. The number of likely N-dealkylation sites (tertiary alicyclic amines) is 1. The van der Waals surface area contributed by atoms with Gasteiger partial charge < -0.3 is 34.4 Å². The van der Waals surface area contributed by atoms with E-state index in [0.29, 0.717) is 24.8 Å². The first-order valence-corrected chi connectivity index (χ1v) is 16.6. The average molecular weight is 654 g/mol. The Bertz CT molecular complexity index is 1300. The molecular formula is C36H51N3O8. The number of benzene rings is 1. The minimum atomic E-state index is -1.26. The number of nitrogens with zero attached hydrogens (tertiary/aromatic N) is 2. The van der Waals surface area contributed by atoms with Gasteiger partial charge in [-0.25, -0.2) is 0 Å². The highest BCUT2D eigenvalue weighted by atomic mass is 16.6. The van der Waals surface area contributed by atoms with Crippen molar-refractivity contribution in [2.75, 3.05) is 26.9 Å². The largest absolute Gasteiger partial charge is 0.455 e. The second-order valence-electron chi connectivity index (χ2n) is 13.4. The van der Waals surface area contributed by atoms with Crippen LogP contribution in [0.2, 0.25) is 0 Å². The minimum absolute atomic E-state index is 0.0643. The molecule has 3 fully saturated rings. The number of amides is 3. The highest BCUT2D eigenvalue weighted by Crippen LogP contribution is 2.59. The maximum atomic E-state index is 14.5. The Morgan fingerprint density at radius 2 is 1.87 bits per heavy atom. The molecule has 0 aliphatic carbocycles. The van der Waals surface area contributed by atoms with Crippen molar-refractivity contribution in [3.05, 3.63) is 61.2 Å². The summed E-state index contributed by atoms with van der Waals surface area (Å²) in [5, 5.41) is 13.4. The zero-order valence-corrected chi connectivity index (χ0v) is 28.3. The molecule has 11 nitrogen and oxygen atoms in total. The number of nitrogens with one attached hydrogen (secondary N) is 1. The molecule has 0 saturated carbocycles. The molecule has 8 atom stereocenters. The van der Waals surface area contributed by atoms with Gasteiger partial charge in [0.1, 0.15) is 17.7 Å². The maximum absolute atomic E-state index is 14.5. The Morgan fingerprint density at radius 1 is 1.17 bits per heavy atom. The Hall–Kier alpha value is -3.54. The van der Waals surface area contributed by atoms with E-state index in [-0.39, 0.29) is 50.0 Å². The monoisotopic (exact) mass is 653 g/mol. The highest BCUT2D eigenvalue weighted by molar-refractivity contribution is 5.98. The maximum Gasteiger partial charge on any atom is 0.313 e. The van der Waals surface area contributed by atoms with E-state index in [0.717, 1.165) is 0 Å². The van der Waals surface area contributed by atoms with E-state index in [1.165, 1.54) is 12.0 Å². The quantitative estimate of drug-likeness (QED) is 0.194. The van der Waals surface area contributed by atoms with Crippen LogP contribution in [0.5, 0.6) is 0 Å². The molecule has 3 heterocycles. The van der Waals surface area contributed by atoms with E-state index < -0.39 is 59.6 Å². The standard InChI is InChI=1S/C36H51N3O8/c1-8-10-16-28(41)37-25(21-45-7)31(24-14-12-11-13-15-24)46-35(44)29-27-17-18-36(47-27)30(29)33(42)39(26(20-40)22(3)4)32(36)34(43)38(19-9-2)23(5)6/h8-9,11-15,22-23,25-27,29-32,40H,1-2,10,16-21H2,3-7H3,(H,37,41)/t25-,26-,27+,29-,30-,31-,32+,36-/m0/s1. The number of hydrogen-bond donors (Lipinski definition) is 2. The van der Waals surface area contributed by atoms with Crippen LogP contribution in [0.25, 0.3) is 0 Å². The summed E-state index contributed by atoms with van der Waals surface area (Å²) in [5.74, 6) is -3.72. The van der Waals surface area contributed by atoms with E-state index in [1.807, 2.05) is 45.9 Å². The molecule has 47 heavy (non-hydrogen) atoms. The lowest BCUT2D eigenvalue weighted by molar-refractivity contribution is -0.164. The van der Waals surface area contributed by atoms with Gasteiger partial charge in [0, 0.05) is 26.1 Å². The molecule has 11 heteroatoms. The highest BCUT2D eigenvalue weighted by Gasteiger charge is 2.76. The Balaban J connectivity index is 1.73. The molecule has 0 aromatic heterocycles. The van der Waals surface area contributed by atoms with Crippen molar-refractivity contribution >= 4 is 23.7 Å². The van der Waals surface area contributed by atoms with E-state index in [2.05, 4.69) is 18.5 Å². The van der Waals surface area contributed by atoms with Gasteiger partial charge in [-0.05, 0) is 44.6 Å². The molecule has 258 valence electrons. The lowest BCUT2D eigenvalue weighted by atomic mass is 9.70. The first-order chi connectivity index (χ1) is 22.5. The van der Waals surface area contributed by atoms with Crippen molar-refractivity contribution in [2.24, 2.45) is 17.8 Å². The van der Waals surface area contributed by atoms with E-state index in [9.17, 15) is 24.3 Å². The van der Waals surface area contributed by atoms with Gasteiger partial charge in [-0.15, -0.1) is 13.2 Å². The van der Waals surface area contributed by atoms with Crippen molar-refractivity contribution in [1.29, 1.82) is 0 Å². The first-order valence-electron chi connectivity index (χ1n) is 16.6. The molecule has 2 bridgehead atoms. The van der Waals surface area contributed by atoms with E-state index >= 15 is 0 Å². The number of hydrogen-bond acceptors (Lipinski definition) is 8. The smallest absolute Gasteiger partial charge is 0.313 e. The molecule has 3 aliphatic rings. The minimum Gasteiger partial charge on any atom is -0.455 e. The van der Waals surface area contributed by atoms with Crippen LogP contribution >= 0.6 is 0 Å². The summed E-state index contributed by atoms with van der Waals surface area (Å²) in [4.78, 5) is 59.3. The van der Waals surface area contributed by atoms with Gasteiger partial charge in [-0.3, -0.25) is 19.2 Å². The fourth-order valence-corrected chi connectivity index (χ4v) is 7.59. The number of carbonyl (C=O) groups excluding carboxylic acids is 4. The molecule has 3 amide bonds. The van der Waals surface area contributed by atoms with Gasteiger partial charge in [0.15, 0.2) is 0 Å². The predicted octanol–water partition coefficient (Wildman–Crippen LogP) is 3.18. The van der Waals surface area contributed by atoms with Gasteiger partial charge in [0.2, 0.25) is 17.7 Å². The summed E-state index contributed by atoms with van der Waals surface area (Å²) in [7, 11) is 1.50. The fraction of sp³-hybridized carbons (Fsp3) is 0.611. The molecule has 1 spiro atoms. The number of fused-ring (bicyclic) bond motifs is 1. The number of aliphatic hydroxyl groups excluding tert-OH is 1. The van der Waals surface area contributed by atoms with Crippen molar-refractivity contribution in [3.63, 3.8) is 0 Å². The molecule has 2 N–H and O–H groups in total. The predicted molar refractivity (Wildman–Crippen MR) is 176 cm³/mol. The van der Waals surface area contributed by atoms with Crippen LogP contribution in [0.1, 0.15) is 65.0 Å². The average Bonchev–Trinajstić information content (AvgIpc) is 3.69. The first kappa shape index (κ1) is 36.3. The summed E-state index contributed by atoms with van der Waals surface area (Å²) in [5.41, 5.74) is -0.609. The van der Waals surface area contributed by atoms with Crippen molar-refractivity contribution in [1.82, 2.24) is 15.1 Å². The number of esters is 1. The molecule has 1 aromatic rings. The van der Waals surface area contributed by atoms with Crippen LogP contribution in [-0.4, -0.2) is 101 Å². The number of allylic oxidation sites excluding steroid dienone is 1. The summed E-state index contributed by atoms with van der Waals surface area (Å²) in [6.45, 7) is 15.1. The summed E-state index contributed by atoms with van der Waals surface area (Å²) >= 11 is 0. The lowest BCUT2D eigenvalue weighted by Crippen LogP contribution is -2.60. The molecule has 0 unspecified atom stereocenters. The Morgan fingerprint density at radius 3 is 2.45 bits per heavy atom. The number of aliphatic hydroxyl groups is 1. The van der Waals surface area contributed by atoms with Crippen LogP contribution < -0.4 is 5.32 Å². The van der Waals surface area contributed by atoms with Crippen LogP contribution in [0.15, 0.2) is 55.6 Å². The topological polar surface area (TPSA) is 135 Å². The summed E-state index contributed by atoms with van der Waals surface area (Å²) < 4.78 is 18.3. The molecule has 4 rings (SSSR count). The SMILES string of the molecule is C=CCCC(=O)N[C@@H](COC)[C@@H](OC(=O)[C@@H]1[C@H]2C(=O)N([C@@H](CO)C(C)C)[C@H](C(=O)N(CC=C)C(C)C)[C@]23CC[C@H]1O3)c1ccccc1. The molecular weight excluding hydrogens is 602 g/mol. The number of carbonyl (C=O) groups is 4. The van der Waals surface area contributed by atoms with Crippen LogP contribution in [0.4, 0.5) is 0 Å².